The molecular formula is C20H21N3O3. The fourth-order valence-electron chi connectivity index (χ4n) is 2.42. The smallest absolute Gasteiger partial charge is 0.249 e. The molecule has 1 heterocycles. The van der Waals surface area contributed by atoms with Crippen LogP contribution in [0.1, 0.15) is 19.9 Å². The van der Waals surface area contributed by atoms with E-state index in [4.69, 9.17) is 9.47 Å². The van der Waals surface area contributed by atoms with Crippen molar-refractivity contribution in [3.8, 4) is 17.2 Å². The molecule has 1 N–H and O–H groups in total. The summed E-state index contributed by atoms with van der Waals surface area (Å²) >= 11 is 0. The van der Waals surface area contributed by atoms with Gasteiger partial charge >= 0.3 is 0 Å². The minimum absolute atomic E-state index is 0.170. The molecule has 134 valence electrons. The summed E-state index contributed by atoms with van der Waals surface area (Å²) in [5.74, 6) is 1.85. The van der Waals surface area contributed by atoms with E-state index >= 15 is 0 Å². The molecule has 0 aliphatic heterocycles. The largest absolute Gasteiger partial charge is 0.494 e. The Hall–Kier alpha value is -3.28. The Morgan fingerprint density at radius 3 is 2.54 bits per heavy atom. The van der Waals surface area contributed by atoms with Crippen LogP contribution in [-0.2, 0) is 4.79 Å². The Morgan fingerprint density at radius 2 is 1.85 bits per heavy atom. The van der Waals surface area contributed by atoms with Crippen LogP contribution in [0.15, 0.2) is 67.0 Å². The van der Waals surface area contributed by atoms with Crippen molar-refractivity contribution >= 4 is 11.6 Å². The summed E-state index contributed by atoms with van der Waals surface area (Å²) in [6, 6.07) is 16.0. The van der Waals surface area contributed by atoms with E-state index in [1.165, 1.54) is 0 Å². The quantitative estimate of drug-likeness (QED) is 0.690. The molecule has 26 heavy (non-hydrogen) atoms. The highest BCUT2D eigenvalue weighted by Gasteiger charge is 2.17. The minimum Gasteiger partial charge on any atom is -0.494 e. The van der Waals surface area contributed by atoms with Crippen molar-refractivity contribution in [2.75, 3.05) is 11.9 Å². The van der Waals surface area contributed by atoms with Crippen LogP contribution in [0.5, 0.6) is 17.2 Å². The van der Waals surface area contributed by atoms with E-state index in [1.54, 1.807) is 36.1 Å². The minimum atomic E-state index is -0.427. The van der Waals surface area contributed by atoms with E-state index < -0.39 is 6.04 Å². The molecule has 1 aromatic heterocycles. The first-order valence-corrected chi connectivity index (χ1v) is 8.47. The third-order valence-electron chi connectivity index (χ3n) is 3.81. The lowest BCUT2D eigenvalue weighted by molar-refractivity contribution is -0.119. The number of benzene rings is 2. The van der Waals surface area contributed by atoms with Gasteiger partial charge in [-0.3, -0.25) is 9.48 Å². The number of anilines is 1. The maximum Gasteiger partial charge on any atom is 0.249 e. The number of carbonyl (C=O) groups excluding carboxylic acids is 1. The Balaban J connectivity index is 1.72. The van der Waals surface area contributed by atoms with Crippen molar-refractivity contribution in [3.63, 3.8) is 0 Å². The van der Waals surface area contributed by atoms with Gasteiger partial charge in [0, 0.05) is 12.4 Å². The molecule has 0 radical (unpaired) electrons. The number of hydrogen-bond donors (Lipinski definition) is 1. The van der Waals surface area contributed by atoms with Gasteiger partial charge in [-0.2, -0.15) is 5.10 Å². The number of rotatable bonds is 7. The van der Waals surface area contributed by atoms with E-state index in [0.29, 0.717) is 23.8 Å². The van der Waals surface area contributed by atoms with Gasteiger partial charge in [0.05, 0.1) is 12.3 Å². The molecule has 6 heteroatoms. The van der Waals surface area contributed by atoms with E-state index in [1.807, 2.05) is 49.4 Å². The first kappa shape index (κ1) is 17.5. The van der Waals surface area contributed by atoms with Crippen molar-refractivity contribution in [2.45, 2.75) is 19.9 Å². The van der Waals surface area contributed by atoms with Crippen molar-refractivity contribution in [3.05, 3.63) is 67.0 Å². The molecule has 0 aliphatic rings. The predicted molar refractivity (Wildman–Crippen MR) is 99.7 cm³/mol. The number of nitrogens with zero attached hydrogens (tertiary/aromatic N) is 2. The summed E-state index contributed by atoms with van der Waals surface area (Å²) < 4.78 is 13.0. The van der Waals surface area contributed by atoms with E-state index in [9.17, 15) is 4.79 Å². The number of nitrogens with one attached hydrogen (secondary N) is 1. The van der Waals surface area contributed by atoms with Crippen LogP contribution in [0, 0.1) is 0 Å². The number of para-hydroxylation sites is 2. The summed E-state index contributed by atoms with van der Waals surface area (Å²) in [4.78, 5) is 12.5. The number of hydrogen-bond acceptors (Lipinski definition) is 4. The first-order chi connectivity index (χ1) is 12.7. The SMILES string of the molecule is CCOc1ccc(Oc2ccccc2NC(=O)C(C)n2cccn2)cc1. The molecule has 2 aromatic carbocycles. The third-order valence-corrected chi connectivity index (χ3v) is 3.81. The third kappa shape index (κ3) is 4.22. The van der Waals surface area contributed by atoms with Gasteiger partial charge in [-0.25, -0.2) is 0 Å². The summed E-state index contributed by atoms with van der Waals surface area (Å²) in [6.07, 6.45) is 3.40. The van der Waals surface area contributed by atoms with Gasteiger partial charge < -0.3 is 14.8 Å². The maximum absolute atomic E-state index is 12.5. The van der Waals surface area contributed by atoms with Crippen LogP contribution in [0.2, 0.25) is 0 Å². The van der Waals surface area contributed by atoms with Gasteiger partial charge in [-0.05, 0) is 56.3 Å². The van der Waals surface area contributed by atoms with Crippen LogP contribution < -0.4 is 14.8 Å². The molecule has 0 bridgehead atoms. The Kier molecular flexibility index (Phi) is 5.53. The second-order valence-electron chi connectivity index (χ2n) is 5.65. The zero-order chi connectivity index (χ0) is 18.4. The number of ether oxygens (including phenoxy) is 2. The molecular weight excluding hydrogens is 330 g/mol. The lowest BCUT2D eigenvalue weighted by atomic mass is 10.2. The van der Waals surface area contributed by atoms with Crippen LogP contribution >= 0.6 is 0 Å². The molecule has 0 aliphatic carbocycles. The van der Waals surface area contributed by atoms with Crippen LogP contribution in [0.25, 0.3) is 0 Å². The lowest BCUT2D eigenvalue weighted by Gasteiger charge is -2.15. The molecule has 1 amide bonds. The highest BCUT2D eigenvalue weighted by Crippen LogP contribution is 2.30. The summed E-state index contributed by atoms with van der Waals surface area (Å²) in [6.45, 7) is 4.34. The Morgan fingerprint density at radius 1 is 1.12 bits per heavy atom. The second kappa shape index (κ2) is 8.20. The van der Waals surface area contributed by atoms with Gasteiger partial charge in [0.25, 0.3) is 0 Å². The topological polar surface area (TPSA) is 65.4 Å². The summed E-state index contributed by atoms with van der Waals surface area (Å²) in [5, 5.41) is 7.01. The molecule has 0 saturated carbocycles. The molecule has 6 nitrogen and oxygen atoms in total. The van der Waals surface area contributed by atoms with E-state index in [-0.39, 0.29) is 5.91 Å². The van der Waals surface area contributed by atoms with Crippen LogP contribution in [0.3, 0.4) is 0 Å². The summed E-state index contributed by atoms with van der Waals surface area (Å²) in [5.41, 5.74) is 0.602. The molecule has 0 saturated heterocycles. The van der Waals surface area contributed by atoms with Crippen LogP contribution in [0.4, 0.5) is 5.69 Å². The highest BCUT2D eigenvalue weighted by molar-refractivity contribution is 5.94. The maximum atomic E-state index is 12.5. The lowest BCUT2D eigenvalue weighted by Crippen LogP contribution is -2.24. The molecule has 0 spiro atoms. The Bertz CT molecular complexity index is 845. The molecule has 3 rings (SSSR count). The van der Waals surface area contributed by atoms with E-state index in [2.05, 4.69) is 10.4 Å². The molecule has 1 unspecified atom stereocenters. The Labute approximate surface area is 152 Å². The fourth-order valence-corrected chi connectivity index (χ4v) is 2.42. The fraction of sp³-hybridized carbons (Fsp3) is 0.200. The highest BCUT2D eigenvalue weighted by atomic mass is 16.5. The van der Waals surface area contributed by atoms with Crippen molar-refractivity contribution in [1.29, 1.82) is 0 Å². The second-order valence-corrected chi connectivity index (χ2v) is 5.65. The monoisotopic (exact) mass is 351 g/mol. The van der Waals surface area contributed by atoms with Gasteiger partial charge in [-0.15, -0.1) is 0 Å². The van der Waals surface area contributed by atoms with Crippen LogP contribution in [-0.4, -0.2) is 22.3 Å². The molecule has 0 fully saturated rings. The van der Waals surface area contributed by atoms with Gasteiger partial charge in [0.15, 0.2) is 5.75 Å². The van der Waals surface area contributed by atoms with Gasteiger partial charge in [-0.1, -0.05) is 12.1 Å². The average molecular weight is 351 g/mol. The zero-order valence-corrected chi connectivity index (χ0v) is 14.8. The number of amides is 1. The van der Waals surface area contributed by atoms with Gasteiger partial charge in [0.2, 0.25) is 5.91 Å². The number of aromatic nitrogens is 2. The number of carbonyl (C=O) groups is 1. The zero-order valence-electron chi connectivity index (χ0n) is 14.8. The predicted octanol–water partition coefficient (Wildman–Crippen LogP) is 4.27. The van der Waals surface area contributed by atoms with Crippen molar-refractivity contribution < 1.29 is 14.3 Å². The van der Waals surface area contributed by atoms with Crippen molar-refractivity contribution in [2.24, 2.45) is 0 Å². The normalized spacial score (nSPS) is 11.6. The standard InChI is InChI=1S/C20H21N3O3/c1-3-25-16-9-11-17(12-10-16)26-19-8-5-4-7-18(19)22-20(24)15(2)23-14-6-13-21-23/h4-15H,3H2,1-2H3,(H,22,24). The first-order valence-electron chi connectivity index (χ1n) is 8.47. The molecule has 1 atom stereocenters. The van der Waals surface area contributed by atoms with E-state index in [0.717, 1.165) is 5.75 Å². The molecule has 3 aromatic rings. The van der Waals surface area contributed by atoms with Gasteiger partial charge in [0.1, 0.15) is 17.5 Å². The van der Waals surface area contributed by atoms with Crippen molar-refractivity contribution in [1.82, 2.24) is 9.78 Å². The average Bonchev–Trinajstić information content (AvgIpc) is 3.19. The summed E-state index contributed by atoms with van der Waals surface area (Å²) in [7, 11) is 0.